The number of hydrogen-bond donors (Lipinski definition) is 2. The van der Waals surface area contributed by atoms with E-state index in [2.05, 4.69) is 13.8 Å². The summed E-state index contributed by atoms with van der Waals surface area (Å²) in [5.41, 5.74) is -0.593. The number of rotatable bonds is 3. The third-order valence-corrected chi connectivity index (χ3v) is 6.30. The Hall–Kier alpha value is -0.240. The zero-order valence-corrected chi connectivity index (χ0v) is 15.2. The molecule has 2 heterocycles. The molecule has 6 nitrogen and oxygen atoms in total. The van der Waals surface area contributed by atoms with Gasteiger partial charge in [-0.15, -0.1) is 0 Å². The first-order valence-corrected chi connectivity index (χ1v) is 9.12. The lowest BCUT2D eigenvalue weighted by molar-refractivity contribution is -0.385. The van der Waals surface area contributed by atoms with Crippen molar-refractivity contribution in [3.63, 3.8) is 0 Å². The summed E-state index contributed by atoms with van der Waals surface area (Å²) in [6, 6.07) is 0. The Morgan fingerprint density at radius 3 is 2.00 bits per heavy atom. The summed E-state index contributed by atoms with van der Waals surface area (Å²) in [7, 11) is 0. The molecule has 0 amide bonds. The van der Waals surface area contributed by atoms with Crippen molar-refractivity contribution in [1.82, 2.24) is 0 Å². The van der Waals surface area contributed by atoms with Gasteiger partial charge in [-0.3, -0.25) is 0 Å². The van der Waals surface area contributed by atoms with E-state index in [-0.39, 0.29) is 30.0 Å². The van der Waals surface area contributed by atoms with Crippen LogP contribution in [-0.2, 0) is 18.9 Å². The van der Waals surface area contributed by atoms with E-state index in [1.165, 1.54) is 0 Å². The molecule has 3 fully saturated rings. The molecule has 2 aliphatic heterocycles. The van der Waals surface area contributed by atoms with Crippen molar-refractivity contribution < 1.29 is 29.2 Å². The van der Waals surface area contributed by atoms with Crippen LogP contribution in [0.5, 0.6) is 0 Å². The highest BCUT2D eigenvalue weighted by atomic mass is 16.7. The van der Waals surface area contributed by atoms with Crippen LogP contribution in [-0.4, -0.2) is 61.4 Å². The average Bonchev–Trinajstić information content (AvgIpc) is 2.62. The van der Waals surface area contributed by atoms with E-state index in [0.717, 1.165) is 12.8 Å². The average molecular weight is 344 g/mol. The van der Waals surface area contributed by atoms with Crippen molar-refractivity contribution in [2.75, 3.05) is 39.6 Å². The molecule has 6 heteroatoms. The maximum absolute atomic E-state index is 9.63. The van der Waals surface area contributed by atoms with Crippen molar-refractivity contribution in [3.8, 4) is 0 Å². The lowest BCUT2D eigenvalue weighted by atomic mass is 9.77. The molecule has 1 unspecified atom stereocenters. The summed E-state index contributed by atoms with van der Waals surface area (Å²) in [5, 5.41) is 19.1. The Labute approximate surface area is 144 Å². The van der Waals surface area contributed by atoms with Gasteiger partial charge in [-0.25, -0.2) is 0 Å². The van der Waals surface area contributed by atoms with Gasteiger partial charge in [0.05, 0.1) is 39.6 Å². The maximum Gasteiger partial charge on any atom is 0.171 e. The van der Waals surface area contributed by atoms with Crippen LogP contribution in [0, 0.1) is 16.7 Å². The highest BCUT2D eigenvalue weighted by Gasteiger charge is 2.55. The van der Waals surface area contributed by atoms with Crippen molar-refractivity contribution in [2.45, 2.75) is 58.0 Å². The molecule has 0 bridgehead atoms. The molecule has 3 rings (SSSR count). The summed E-state index contributed by atoms with van der Waals surface area (Å²) >= 11 is 0. The lowest BCUT2D eigenvalue weighted by Crippen LogP contribution is -2.61. The Morgan fingerprint density at radius 1 is 0.917 bits per heavy atom. The molecular formula is C18H32O6. The zero-order chi connectivity index (χ0) is 17.5. The van der Waals surface area contributed by atoms with Gasteiger partial charge in [-0.05, 0) is 6.42 Å². The smallest absolute Gasteiger partial charge is 0.171 e. The lowest BCUT2D eigenvalue weighted by Gasteiger charge is -2.55. The minimum Gasteiger partial charge on any atom is -0.396 e. The van der Waals surface area contributed by atoms with Crippen LogP contribution >= 0.6 is 0 Å². The number of aliphatic hydroxyl groups is 2. The van der Waals surface area contributed by atoms with Gasteiger partial charge in [0.1, 0.15) is 0 Å². The molecule has 2 N–H and O–H groups in total. The number of hydrogen-bond acceptors (Lipinski definition) is 6. The van der Waals surface area contributed by atoms with E-state index in [4.69, 9.17) is 18.9 Å². The summed E-state index contributed by atoms with van der Waals surface area (Å²) in [6.07, 6.45) is 2.99. The van der Waals surface area contributed by atoms with Gasteiger partial charge >= 0.3 is 0 Å². The zero-order valence-electron chi connectivity index (χ0n) is 15.2. The number of aliphatic hydroxyl groups excluding tert-OH is 2. The van der Waals surface area contributed by atoms with Crippen LogP contribution in [0.25, 0.3) is 0 Å². The van der Waals surface area contributed by atoms with E-state index >= 15 is 0 Å². The molecule has 0 radical (unpaired) electrons. The van der Waals surface area contributed by atoms with Gasteiger partial charge < -0.3 is 29.2 Å². The summed E-state index contributed by atoms with van der Waals surface area (Å²) in [5.74, 6) is -1.04. The van der Waals surface area contributed by atoms with Crippen molar-refractivity contribution in [3.05, 3.63) is 0 Å². The predicted molar refractivity (Wildman–Crippen MR) is 87.3 cm³/mol. The molecule has 3 aliphatic rings. The number of ether oxygens (including phenoxy) is 4. The van der Waals surface area contributed by atoms with Crippen molar-refractivity contribution in [1.29, 1.82) is 0 Å². The van der Waals surface area contributed by atoms with E-state index in [1.54, 1.807) is 0 Å². The highest BCUT2D eigenvalue weighted by molar-refractivity contribution is 4.96. The Kier molecular flexibility index (Phi) is 5.01. The first-order chi connectivity index (χ1) is 11.3. The van der Waals surface area contributed by atoms with Gasteiger partial charge in [0.2, 0.25) is 0 Å². The summed E-state index contributed by atoms with van der Waals surface area (Å²) < 4.78 is 24.5. The molecule has 2 spiro atoms. The Bertz CT molecular complexity index is 429. The fourth-order valence-electron chi connectivity index (χ4n) is 3.85. The quantitative estimate of drug-likeness (QED) is 0.811. The molecule has 24 heavy (non-hydrogen) atoms. The monoisotopic (exact) mass is 344 g/mol. The van der Waals surface area contributed by atoms with E-state index in [0.29, 0.717) is 39.3 Å². The van der Waals surface area contributed by atoms with Crippen molar-refractivity contribution in [2.24, 2.45) is 16.7 Å². The molecular weight excluding hydrogens is 312 g/mol. The second-order valence-electron chi connectivity index (χ2n) is 8.46. The van der Waals surface area contributed by atoms with Gasteiger partial charge in [-0.2, -0.15) is 0 Å². The van der Waals surface area contributed by atoms with Crippen LogP contribution in [0.15, 0.2) is 0 Å². The molecule has 140 valence electrons. The molecule has 0 aromatic rings. The van der Waals surface area contributed by atoms with Crippen LogP contribution in [0.2, 0.25) is 0 Å². The fraction of sp³-hybridized carbons (Fsp3) is 1.00. The molecule has 0 aromatic heterocycles. The first-order valence-electron chi connectivity index (χ1n) is 9.12. The van der Waals surface area contributed by atoms with Crippen molar-refractivity contribution >= 4 is 0 Å². The summed E-state index contributed by atoms with van der Waals surface area (Å²) in [4.78, 5) is 0. The largest absolute Gasteiger partial charge is 0.396 e. The topological polar surface area (TPSA) is 77.4 Å². The van der Waals surface area contributed by atoms with Crippen LogP contribution in [0.4, 0.5) is 0 Å². The minimum atomic E-state index is -0.594. The van der Waals surface area contributed by atoms with Gasteiger partial charge in [0, 0.05) is 36.0 Å². The third kappa shape index (κ3) is 3.13. The molecule has 1 aliphatic carbocycles. The van der Waals surface area contributed by atoms with Gasteiger partial charge in [-0.1, -0.05) is 20.8 Å². The fourth-order valence-corrected chi connectivity index (χ4v) is 3.85. The third-order valence-electron chi connectivity index (χ3n) is 6.30. The highest BCUT2D eigenvalue weighted by Crippen LogP contribution is 2.49. The van der Waals surface area contributed by atoms with Crippen LogP contribution in [0.1, 0.15) is 46.5 Å². The van der Waals surface area contributed by atoms with Gasteiger partial charge in [0.15, 0.2) is 11.6 Å². The minimum absolute atomic E-state index is 0.0634. The Balaban J connectivity index is 1.62. The van der Waals surface area contributed by atoms with Crippen LogP contribution < -0.4 is 0 Å². The maximum atomic E-state index is 9.63. The van der Waals surface area contributed by atoms with E-state index < -0.39 is 11.6 Å². The molecule has 1 saturated carbocycles. The molecule has 2 saturated heterocycles. The summed E-state index contributed by atoms with van der Waals surface area (Å²) in [6.45, 7) is 8.37. The molecule has 1 atom stereocenters. The van der Waals surface area contributed by atoms with Crippen LogP contribution in [0.3, 0.4) is 0 Å². The molecule has 0 aromatic carbocycles. The SMILES string of the molecule is CCC1(CO)COC2(CCC3(OCC(C)(CO)CO3)C(C)C2)OC1. The standard InChI is InChI=1S/C18H32O6/c1-4-16(9-20)12-21-17(22-13-16)5-6-18(14(2)7-17)23-10-15(3,8-19)11-24-18/h14,19-20H,4-13H2,1-3H3. The van der Waals surface area contributed by atoms with E-state index in [1.807, 2.05) is 6.92 Å². The predicted octanol–water partition coefficient (Wildman–Crippen LogP) is 1.68. The van der Waals surface area contributed by atoms with Gasteiger partial charge in [0.25, 0.3) is 0 Å². The first kappa shape index (κ1) is 18.5. The normalized spacial score (nSPS) is 49.6. The second-order valence-corrected chi connectivity index (χ2v) is 8.46. The van der Waals surface area contributed by atoms with E-state index in [9.17, 15) is 10.2 Å². The Morgan fingerprint density at radius 2 is 1.54 bits per heavy atom. The second kappa shape index (κ2) is 6.49.